The summed E-state index contributed by atoms with van der Waals surface area (Å²) >= 11 is 6.68. The van der Waals surface area contributed by atoms with Crippen LogP contribution in [0.25, 0.3) is 0 Å². The fourth-order valence-corrected chi connectivity index (χ4v) is 11.6. The molecule has 66 heavy (non-hydrogen) atoms. The lowest BCUT2D eigenvalue weighted by atomic mass is 9.61. The highest BCUT2D eigenvalue weighted by Crippen LogP contribution is 2.49. The fraction of sp³-hybridized carbons (Fsp3) is 0.786. The number of quaternary nitrogens is 1. The molecule has 1 fully saturated rings. The highest BCUT2D eigenvalue weighted by Gasteiger charge is 2.52. The first-order valence-electron chi connectivity index (χ1n) is 21.7. The standard InChI is InChI=1S/C42H73N7O10S6.ClH/c1-12-40(6,33(54)47-25-30(3)51)27-42(8,35(56)59-21-20-49(9,10)11)28-41(7,26-39(4,5)32(53)43-15-17-45-36(57)64-62-22-13-29(2)50)34(55)44-16-18-46-37(58)65-63-23-14-31(52)48-19-24-61-38(48)60;/h30,51H,12-28H2,1-11H3,(H4-,43,44,45,46,47,53,54,55,57,58);1H. The highest BCUT2D eigenvalue weighted by atomic mass is 35.5. The number of nitrogens with one attached hydrogen (secondary N) is 5. The number of nitrogens with zero attached hydrogens (tertiary/aromatic N) is 2. The lowest BCUT2D eigenvalue weighted by molar-refractivity contribution is -0.870. The van der Waals surface area contributed by atoms with Gasteiger partial charge in [-0.3, -0.25) is 43.3 Å². The zero-order valence-electron chi connectivity index (χ0n) is 40.4. The second kappa shape index (κ2) is 30.6. The van der Waals surface area contributed by atoms with E-state index in [4.69, 9.17) is 17.0 Å². The molecule has 1 saturated heterocycles. The van der Waals surface area contributed by atoms with E-state index < -0.39 is 45.5 Å². The summed E-state index contributed by atoms with van der Waals surface area (Å²) in [6.07, 6.45) is -0.0904. The number of rotatable bonds is 30. The first kappa shape index (κ1) is 64.0. The van der Waals surface area contributed by atoms with Gasteiger partial charge < -0.3 is 53.3 Å². The van der Waals surface area contributed by atoms with Crippen LogP contribution in [0.1, 0.15) is 93.9 Å². The number of thiocarbonyl (C=S) groups is 1. The topological polar surface area (TPSA) is 229 Å². The Morgan fingerprint density at radius 2 is 1.27 bits per heavy atom. The number of esters is 1. The van der Waals surface area contributed by atoms with Crippen LogP contribution in [0.15, 0.2) is 0 Å². The van der Waals surface area contributed by atoms with E-state index in [0.717, 1.165) is 27.3 Å². The SMILES string of the molecule is CCC(C)(CC(C)(CC(C)(CC(C)(C)C(=O)NCCNC(=O)SSCCC(C)=O)C(=O)NCCNC(=O)SSCCC(=O)N1CCSC1=S)C(=O)OCC[N+](C)(C)C)C(=O)NCC(C)O.[Cl-]. The van der Waals surface area contributed by atoms with E-state index in [1.807, 2.05) is 28.1 Å². The van der Waals surface area contributed by atoms with Crippen molar-refractivity contribution < 1.29 is 65.1 Å². The summed E-state index contributed by atoms with van der Waals surface area (Å²) in [5.41, 5.74) is -5.21. The average molecular weight is 1060 g/mol. The molecule has 1 rings (SSSR count). The quantitative estimate of drug-likeness (QED) is 0.0199. The van der Waals surface area contributed by atoms with Gasteiger partial charge in [-0.1, -0.05) is 80.2 Å². The summed E-state index contributed by atoms with van der Waals surface area (Å²) in [5.74, 6) is -0.224. The summed E-state index contributed by atoms with van der Waals surface area (Å²) in [5, 5.41) is 23.3. The number of carbonyl (C=O) groups excluding carboxylic acids is 8. The number of hydrogen-bond acceptors (Lipinski definition) is 16. The summed E-state index contributed by atoms with van der Waals surface area (Å²) in [4.78, 5) is 107. The summed E-state index contributed by atoms with van der Waals surface area (Å²) in [6.45, 7) is 14.8. The van der Waals surface area contributed by atoms with Gasteiger partial charge in [0.25, 0.3) is 10.5 Å². The number of carbonyl (C=O) groups is 8. The zero-order chi connectivity index (χ0) is 49.6. The number of amides is 6. The Labute approximate surface area is 423 Å². The molecule has 4 atom stereocenters. The van der Waals surface area contributed by atoms with Crippen LogP contribution in [0.2, 0.25) is 0 Å². The van der Waals surface area contributed by atoms with Gasteiger partial charge in [0, 0.05) is 107 Å². The molecule has 0 spiro atoms. The lowest BCUT2D eigenvalue weighted by Gasteiger charge is -2.43. The Bertz CT molecular complexity index is 1680. The van der Waals surface area contributed by atoms with Crippen LogP contribution in [0.4, 0.5) is 9.59 Å². The number of likely N-dealkylation sites (N-methyl/N-ethyl adjacent to an activating group) is 1. The molecule has 0 aromatic carbocycles. The van der Waals surface area contributed by atoms with Crippen molar-refractivity contribution >= 4 is 117 Å². The molecule has 6 amide bonds. The minimum absolute atomic E-state index is 0. The number of aliphatic hydroxyl groups excluding tert-OH is 1. The fourth-order valence-electron chi connectivity index (χ4n) is 7.07. The molecular formula is C42H74ClN7O10S6. The molecule has 0 bridgehead atoms. The van der Waals surface area contributed by atoms with Crippen molar-refractivity contribution in [3.05, 3.63) is 0 Å². The van der Waals surface area contributed by atoms with Gasteiger partial charge in [-0.15, -0.1) is 0 Å². The van der Waals surface area contributed by atoms with Gasteiger partial charge in [0.1, 0.15) is 23.3 Å². The molecule has 4 unspecified atom stereocenters. The highest BCUT2D eigenvalue weighted by molar-refractivity contribution is 8.82. The Morgan fingerprint density at radius 1 is 0.773 bits per heavy atom. The van der Waals surface area contributed by atoms with E-state index in [2.05, 4.69) is 26.6 Å². The Kier molecular flexibility index (Phi) is 29.7. The minimum atomic E-state index is -1.44. The molecule has 1 aliphatic rings. The second-order valence-electron chi connectivity index (χ2n) is 18.8. The maximum atomic E-state index is 14.5. The monoisotopic (exact) mass is 1060 g/mol. The van der Waals surface area contributed by atoms with Gasteiger partial charge in [-0.05, 0) is 46.5 Å². The third-order valence-electron chi connectivity index (χ3n) is 10.6. The van der Waals surface area contributed by atoms with Crippen LogP contribution in [-0.2, 0) is 33.5 Å². The van der Waals surface area contributed by atoms with E-state index >= 15 is 0 Å². The number of ether oxygens (including phenoxy) is 1. The van der Waals surface area contributed by atoms with Crippen molar-refractivity contribution in [2.75, 3.05) is 90.8 Å². The molecule has 1 heterocycles. The van der Waals surface area contributed by atoms with Crippen molar-refractivity contribution in [2.45, 2.75) is 100 Å². The average Bonchev–Trinajstić information content (AvgIpc) is 3.64. The summed E-state index contributed by atoms with van der Waals surface area (Å²) in [6, 6.07) is 0. The number of aliphatic hydroxyl groups is 1. The molecule has 6 N–H and O–H groups in total. The van der Waals surface area contributed by atoms with Crippen molar-refractivity contribution in [3.63, 3.8) is 0 Å². The molecule has 0 saturated carbocycles. The third kappa shape index (κ3) is 24.5. The number of thioether (sulfide) groups is 1. The van der Waals surface area contributed by atoms with Gasteiger partial charge in [0.15, 0.2) is 0 Å². The van der Waals surface area contributed by atoms with E-state index in [1.165, 1.54) is 40.3 Å². The van der Waals surface area contributed by atoms with Crippen LogP contribution in [0, 0.1) is 21.7 Å². The number of ketones is 1. The molecule has 0 radical (unpaired) electrons. The number of Topliss-reactive ketones (excluding diaryl/α,β-unsaturated/α-hetero) is 1. The molecule has 380 valence electrons. The smallest absolute Gasteiger partial charge is 0.312 e. The Morgan fingerprint density at radius 3 is 1.76 bits per heavy atom. The molecule has 0 aromatic heterocycles. The van der Waals surface area contributed by atoms with Crippen molar-refractivity contribution in [1.82, 2.24) is 31.5 Å². The normalized spacial score (nSPS) is 16.0. The number of halogens is 1. The molecular weight excluding hydrogens is 990 g/mol. The van der Waals surface area contributed by atoms with Crippen molar-refractivity contribution in [3.8, 4) is 0 Å². The van der Waals surface area contributed by atoms with Gasteiger partial charge in [-0.25, -0.2) is 0 Å². The molecule has 0 aromatic rings. The second-order valence-corrected chi connectivity index (χ2v) is 25.3. The van der Waals surface area contributed by atoms with E-state index in [9.17, 15) is 43.5 Å². The zero-order valence-corrected chi connectivity index (χ0v) is 46.1. The minimum Gasteiger partial charge on any atom is -1.00 e. The summed E-state index contributed by atoms with van der Waals surface area (Å²) in [7, 11) is 10.3. The third-order valence-corrected chi connectivity index (χ3v) is 16.2. The first-order chi connectivity index (χ1) is 30.1. The first-order valence-corrected chi connectivity index (χ1v) is 27.7. The molecule has 24 heteroatoms. The maximum absolute atomic E-state index is 14.5. The van der Waals surface area contributed by atoms with Crippen LogP contribution >= 0.6 is 67.2 Å². The van der Waals surface area contributed by atoms with E-state index in [0.29, 0.717) is 46.2 Å². The van der Waals surface area contributed by atoms with Gasteiger partial charge in [-0.2, -0.15) is 0 Å². The predicted molar refractivity (Wildman–Crippen MR) is 270 cm³/mol. The maximum Gasteiger partial charge on any atom is 0.312 e. The van der Waals surface area contributed by atoms with Gasteiger partial charge in [0.2, 0.25) is 23.6 Å². The van der Waals surface area contributed by atoms with Crippen molar-refractivity contribution in [2.24, 2.45) is 21.7 Å². The summed E-state index contributed by atoms with van der Waals surface area (Å²) < 4.78 is 7.01. The molecule has 17 nitrogen and oxygen atoms in total. The van der Waals surface area contributed by atoms with Crippen LogP contribution < -0.4 is 39.0 Å². The van der Waals surface area contributed by atoms with E-state index in [1.54, 1.807) is 46.4 Å². The predicted octanol–water partition coefficient (Wildman–Crippen LogP) is 2.01. The largest absolute Gasteiger partial charge is 1.00 e. The molecule has 1 aliphatic heterocycles. The van der Waals surface area contributed by atoms with Crippen LogP contribution in [-0.4, -0.2) is 162 Å². The van der Waals surface area contributed by atoms with Crippen molar-refractivity contribution in [1.29, 1.82) is 0 Å². The number of hydrogen-bond donors (Lipinski definition) is 6. The van der Waals surface area contributed by atoms with Gasteiger partial charge in [0.05, 0.1) is 32.7 Å². The Hall–Kier alpha value is -1.99. The van der Waals surface area contributed by atoms with E-state index in [-0.39, 0.29) is 105 Å². The lowest BCUT2D eigenvalue weighted by Crippen LogP contribution is -3.00. The van der Waals surface area contributed by atoms with Crippen LogP contribution in [0.5, 0.6) is 0 Å². The molecule has 0 aliphatic carbocycles. The Balaban J connectivity index is 0.0000422. The van der Waals surface area contributed by atoms with Crippen LogP contribution in [0.3, 0.4) is 0 Å². The van der Waals surface area contributed by atoms with Gasteiger partial charge >= 0.3 is 5.97 Å².